The van der Waals surface area contributed by atoms with E-state index in [0.29, 0.717) is 21.8 Å². The highest BCUT2D eigenvalue weighted by Crippen LogP contribution is 2.41. The predicted octanol–water partition coefficient (Wildman–Crippen LogP) is 3.44. The SMILES string of the molecule is O=S1(=O)c2cccc3cccc(c23)N1CC(O)COc1ccc(Cl)cc1. The minimum absolute atomic E-state index is 0.0278. The number of rotatable bonds is 5. The number of benzene rings is 3. The van der Waals surface area contributed by atoms with Crippen molar-refractivity contribution in [3.8, 4) is 5.75 Å². The molecule has 0 fully saturated rings. The number of nitrogens with zero attached hydrogens (tertiary/aromatic N) is 1. The van der Waals surface area contributed by atoms with Gasteiger partial charge in [0.25, 0.3) is 10.0 Å². The molecule has 0 aliphatic carbocycles. The van der Waals surface area contributed by atoms with E-state index in [9.17, 15) is 13.5 Å². The Morgan fingerprint density at radius 3 is 2.46 bits per heavy atom. The fourth-order valence-electron chi connectivity index (χ4n) is 3.12. The largest absolute Gasteiger partial charge is 0.491 e. The second-order valence-corrected chi connectivity index (χ2v) is 8.35. The van der Waals surface area contributed by atoms with Crippen LogP contribution in [0.5, 0.6) is 5.75 Å². The lowest BCUT2D eigenvalue weighted by molar-refractivity contribution is 0.115. The Labute approximate surface area is 156 Å². The topological polar surface area (TPSA) is 66.8 Å². The third kappa shape index (κ3) is 2.90. The minimum Gasteiger partial charge on any atom is -0.491 e. The van der Waals surface area contributed by atoms with Crippen molar-refractivity contribution in [2.45, 2.75) is 11.0 Å². The van der Waals surface area contributed by atoms with Gasteiger partial charge < -0.3 is 9.84 Å². The fourth-order valence-corrected chi connectivity index (χ4v) is 5.00. The summed E-state index contributed by atoms with van der Waals surface area (Å²) >= 11 is 5.82. The lowest BCUT2D eigenvalue weighted by atomic mass is 10.1. The Balaban J connectivity index is 1.55. The maximum Gasteiger partial charge on any atom is 0.265 e. The highest BCUT2D eigenvalue weighted by atomic mass is 35.5. The van der Waals surface area contributed by atoms with Crippen LogP contribution in [0.15, 0.2) is 65.6 Å². The van der Waals surface area contributed by atoms with Gasteiger partial charge in [-0.05, 0) is 41.8 Å². The van der Waals surface area contributed by atoms with E-state index < -0.39 is 16.1 Å². The molecule has 5 nitrogen and oxygen atoms in total. The van der Waals surface area contributed by atoms with Crippen LogP contribution in [0.25, 0.3) is 10.8 Å². The Bertz CT molecular complexity index is 1060. The molecule has 3 aromatic carbocycles. The van der Waals surface area contributed by atoms with Gasteiger partial charge in [0.2, 0.25) is 0 Å². The highest BCUT2D eigenvalue weighted by Gasteiger charge is 2.36. The van der Waals surface area contributed by atoms with Gasteiger partial charge in [0.05, 0.1) is 17.1 Å². The van der Waals surface area contributed by atoms with Gasteiger partial charge in [-0.15, -0.1) is 0 Å². The molecule has 0 saturated heterocycles. The van der Waals surface area contributed by atoms with Crippen LogP contribution in [-0.2, 0) is 10.0 Å². The molecule has 1 atom stereocenters. The molecule has 0 aromatic heterocycles. The molecule has 1 aliphatic rings. The van der Waals surface area contributed by atoms with Gasteiger partial charge in [-0.1, -0.05) is 35.9 Å². The van der Waals surface area contributed by atoms with Gasteiger partial charge in [-0.2, -0.15) is 0 Å². The zero-order valence-electron chi connectivity index (χ0n) is 13.7. The standard InChI is InChI=1S/C19H16ClNO4S/c20-14-7-9-16(10-8-14)25-12-15(22)11-21-17-5-1-3-13-4-2-6-18(19(13)17)26(21,23)24/h1-10,15,22H,11-12H2. The maximum atomic E-state index is 12.9. The molecule has 1 heterocycles. The fraction of sp³-hybridized carbons (Fsp3) is 0.158. The molecule has 1 unspecified atom stereocenters. The zero-order chi connectivity index (χ0) is 18.3. The summed E-state index contributed by atoms with van der Waals surface area (Å²) in [7, 11) is -3.68. The van der Waals surface area contributed by atoms with Gasteiger partial charge in [0.1, 0.15) is 18.5 Å². The summed E-state index contributed by atoms with van der Waals surface area (Å²) < 4.78 is 32.5. The first-order valence-corrected chi connectivity index (χ1v) is 9.89. The number of sulfonamides is 1. The summed E-state index contributed by atoms with van der Waals surface area (Å²) in [6, 6.07) is 17.4. The Hall–Kier alpha value is -2.28. The molecule has 1 N–H and O–H groups in total. The predicted molar refractivity (Wildman–Crippen MR) is 101 cm³/mol. The molecule has 0 saturated carbocycles. The highest BCUT2D eigenvalue weighted by molar-refractivity contribution is 7.93. The third-order valence-electron chi connectivity index (χ3n) is 4.31. The van der Waals surface area contributed by atoms with Gasteiger partial charge in [0.15, 0.2) is 0 Å². The van der Waals surface area contributed by atoms with Gasteiger partial charge in [-0.3, -0.25) is 4.31 Å². The van der Waals surface area contributed by atoms with E-state index >= 15 is 0 Å². The molecule has 0 amide bonds. The molecule has 134 valence electrons. The van der Waals surface area contributed by atoms with Crippen molar-refractivity contribution < 1.29 is 18.3 Å². The van der Waals surface area contributed by atoms with Gasteiger partial charge >= 0.3 is 0 Å². The number of aliphatic hydroxyl groups excluding tert-OH is 1. The van der Waals surface area contributed by atoms with Crippen molar-refractivity contribution in [1.82, 2.24) is 0 Å². The van der Waals surface area contributed by atoms with Crippen molar-refractivity contribution in [2.75, 3.05) is 17.5 Å². The Morgan fingerprint density at radius 1 is 1.04 bits per heavy atom. The van der Waals surface area contributed by atoms with Crippen LogP contribution in [0.3, 0.4) is 0 Å². The monoisotopic (exact) mass is 389 g/mol. The minimum atomic E-state index is -3.68. The number of β-amino-alcohol motifs (C(OH)–C–C–N with tert-alkyl or cyclic N) is 1. The summed E-state index contributed by atoms with van der Waals surface area (Å²) in [4.78, 5) is 0.274. The van der Waals surface area contributed by atoms with Crippen LogP contribution in [-0.4, -0.2) is 32.8 Å². The molecule has 0 spiro atoms. The van der Waals surface area contributed by atoms with Crippen LogP contribution in [0.1, 0.15) is 0 Å². The van der Waals surface area contributed by atoms with Crippen molar-refractivity contribution in [3.05, 3.63) is 65.7 Å². The molecular formula is C19H16ClNO4S. The molecule has 1 aliphatic heterocycles. The van der Waals surface area contributed by atoms with E-state index in [0.717, 1.165) is 5.39 Å². The molecule has 4 rings (SSSR count). The summed E-state index contributed by atoms with van der Waals surface area (Å²) in [5, 5.41) is 12.5. The summed E-state index contributed by atoms with van der Waals surface area (Å²) in [6.07, 6.45) is -0.981. The van der Waals surface area contributed by atoms with Crippen LogP contribution in [0.4, 0.5) is 5.69 Å². The number of halogens is 1. The second kappa shape index (κ2) is 6.46. The first kappa shape index (κ1) is 17.1. The maximum absolute atomic E-state index is 12.9. The van der Waals surface area contributed by atoms with Crippen molar-refractivity contribution in [3.63, 3.8) is 0 Å². The third-order valence-corrected chi connectivity index (χ3v) is 6.39. The number of hydrogen-bond donors (Lipinski definition) is 1. The number of aliphatic hydroxyl groups is 1. The van der Waals surface area contributed by atoms with Crippen LogP contribution >= 0.6 is 11.6 Å². The second-order valence-electron chi connectivity index (χ2n) is 6.09. The smallest absolute Gasteiger partial charge is 0.265 e. The summed E-state index contributed by atoms with van der Waals surface area (Å²) in [5.74, 6) is 0.558. The zero-order valence-corrected chi connectivity index (χ0v) is 15.2. The van der Waals surface area contributed by atoms with E-state index in [-0.39, 0.29) is 18.0 Å². The quantitative estimate of drug-likeness (QED) is 0.725. The van der Waals surface area contributed by atoms with Gasteiger partial charge in [-0.25, -0.2) is 8.42 Å². The lowest BCUT2D eigenvalue weighted by Crippen LogP contribution is -2.37. The molecule has 0 radical (unpaired) electrons. The molecule has 7 heteroatoms. The lowest BCUT2D eigenvalue weighted by Gasteiger charge is -2.22. The van der Waals surface area contributed by atoms with E-state index in [1.54, 1.807) is 42.5 Å². The molecule has 3 aromatic rings. The first-order chi connectivity index (χ1) is 12.5. The number of hydrogen-bond acceptors (Lipinski definition) is 4. The van der Waals surface area contributed by atoms with E-state index in [4.69, 9.17) is 16.3 Å². The Morgan fingerprint density at radius 2 is 1.73 bits per heavy atom. The summed E-state index contributed by atoms with van der Waals surface area (Å²) in [5.41, 5.74) is 0.587. The van der Waals surface area contributed by atoms with E-state index in [2.05, 4.69) is 0 Å². The van der Waals surface area contributed by atoms with Crippen molar-refractivity contribution in [1.29, 1.82) is 0 Å². The normalized spacial score (nSPS) is 16.0. The van der Waals surface area contributed by atoms with E-state index in [1.807, 2.05) is 18.2 Å². The van der Waals surface area contributed by atoms with Crippen LogP contribution in [0.2, 0.25) is 5.02 Å². The Kier molecular flexibility index (Phi) is 4.26. The number of anilines is 1. The average molecular weight is 390 g/mol. The first-order valence-electron chi connectivity index (χ1n) is 8.08. The summed E-state index contributed by atoms with van der Waals surface area (Å²) in [6.45, 7) is -0.107. The van der Waals surface area contributed by atoms with Crippen molar-refractivity contribution >= 4 is 38.1 Å². The molecular weight excluding hydrogens is 374 g/mol. The molecule has 0 bridgehead atoms. The molecule has 26 heavy (non-hydrogen) atoms. The average Bonchev–Trinajstić information content (AvgIpc) is 2.85. The van der Waals surface area contributed by atoms with Crippen molar-refractivity contribution in [2.24, 2.45) is 0 Å². The van der Waals surface area contributed by atoms with Crippen LogP contribution < -0.4 is 9.04 Å². The van der Waals surface area contributed by atoms with Gasteiger partial charge in [0, 0.05) is 10.4 Å². The number of ether oxygens (including phenoxy) is 1. The van der Waals surface area contributed by atoms with Crippen LogP contribution in [0, 0.1) is 0 Å². The van der Waals surface area contributed by atoms with E-state index in [1.165, 1.54) is 4.31 Å².